The third-order valence-electron chi connectivity index (χ3n) is 8.33. The Morgan fingerprint density at radius 2 is 0.821 bits per heavy atom. The van der Waals surface area contributed by atoms with Gasteiger partial charge in [0.2, 0.25) is 0 Å². The van der Waals surface area contributed by atoms with Gasteiger partial charge in [0, 0.05) is 23.3 Å². The maximum absolute atomic E-state index is 14.0. The first-order valence-electron chi connectivity index (χ1n) is 19.9. The average molecular weight is 1020 g/mol. The molecule has 378 valence electrons. The number of aliphatic hydroxyl groups is 1. The van der Waals surface area contributed by atoms with Crippen LogP contribution in [-0.4, -0.2) is 101 Å². The molecule has 0 radical (unpaired) electrons. The molecule has 0 unspecified atom stereocenters. The number of carbonyl (C=O) groups excluding carboxylic acids is 3. The molecule has 0 aromatic heterocycles. The Kier molecular flexibility index (Phi) is 25.1. The lowest BCUT2D eigenvalue weighted by Crippen LogP contribution is -2.40. The first kappa shape index (κ1) is 59.7. The molecule has 0 fully saturated rings. The summed E-state index contributed by atoms with van der Waals surface area (Å²) >= 11 is 0. The quantitative estimate of drug-likeness (QED) is 0.0161. The van der Waals surface area contributed by atoms with Gasteiger partial charge in [0.1, 0.15) is 0 Å². The number of carbonyl (C=O) groups is 3. The Balaban J connectivity index is 0.000000678. The second kappa shape index (κ2) is 28.1. The summed E-state index contributed by atoms with van der Waals surface area (Å²) in [7, 11) is -12.4. The molecule has 15 nitrogen and oxygen atoms in total. The highest BCUT2D eigenvalue weighted by atomic mass is 32.2. The number of ether oxygens (including phenoxy) is 3. The molecule has 1 N–H and O–H groups in total. The number of unbranched alkanes of at least 4 members (excludes halogenated alkanes) is 10. The zero-order chi connectivity index (χ0) is 51.0. The van der Waals surface area contributed by atoms with Gasteiger partial charge in [-0.2, -0.15) is 60.7 Å². The number of oxime groups is 2. The smallest absolute Gasteiger partial charge is 0.462 e. The molecular formula is C40H48F10N2O13S2. The zero-order valence-corrected chi connectivity index (χ0v) is 37.3. The van der Waals surface area contributed by atoms with Crippen molar-refractivity contribution < 1.29 is 103 Å². The molecule has 2 rings (SSSR count). The molecule has 27 heteroatoms. The zero-order valence-electron chi connectivity index (χ0n) is 35.6. The average Bonchev–Trinajstić information content (AvgIpc) is 3.24. The first-order chi connectivity index (χ1) is 31.1. The SMILES string of the molecule is C=C(C)C(=O)OCCCCCCCCOC(=O)C(F)(F)S(=O)(=O)O/N=C(/c1ccccc1)C(F)(F)F.O=C(OCCCCCCCCO)C(F)(F)S(=O)(=O)O/N=C(/c1ccccc1)C(F)(F)F. The van der Waals surface area contributed by atoms with Gasteiger partial charge >= 0.3 is 61.0 Å². The van der Waals surface area contributed by atoms with E-state index in [9.17, 15) is 75.1 Å². The van der Waals surface area contributed by atoms with Crippen molar-refractivity contribution in [2.24, 2.45) is 10.3 Å². The van der Waals surface area contributed by atoms with Gasteiger partial charge in [-0.25, -0.2) is 14.4 Å². The molecule has 0 aliphatic heterocycles. The summed E-state index contributed by atoms with van der Waals surface area (Å²) < 4.78 is 202. The largest absolute Gasteiger partial charge is 0.478 e. The van der Waals surface area contributed by atoms with Crippen molar-refractivity contribution in [2.75, 3.05) is 26.4 Å². The number of esters is 3. The second-order valence-electron chi connectivity index (χ2n) is 13.9. The lowest BCUT2D eigenvalue weighted by atomic mass is 10.1. The molecule has 67 heavy (non-hydrogen) atoms. The molecule has 0 spiro atoms. The number of rotatable bonds is 28. The Morgan fingerprint density at radius 3 is 1.12 bits per heavy atom. The molecule has 0 saturated carbocycles. The number of halogens is 10. The standard InChI is InChI=1S/C22H26F5NO7S.C18H22F5NO6S/c1-16(2)19(29)33-14-10-5-3-4-6-11-15-34-20(30)22(26,27)36(31,32)35-28-18(21(23,24)25)17-12-8-7-9-13-17;19-17(20,21)15(14-10-6-5-7-11-14)24-30-31(27,28)18(22,23)16(26)29-13-9-4-2-1-3-8-12-25/h7-9,12-13H,1,3-6,10-11,14-15H2,2H3;5-7,10-11,25H,1-4,8-9,12-13H2/b28-18-;24-15-. The van der Waals surface area contributed by atoms with Gasteiger partial charge in [-0.15, -0.1) is 0 Å². The number of hydrogen-bond acceptors (Lipinski definition) is 15. The monoisotopic (exact) mass is 1020 g/mol. The summed E-state index contributed by atoms with van der Waals surface area (Å²) in [6.45, 7) is 4.21. The summed E-state index contributed by atoms with van der Waals surface area (Å²) in [4.78, 5) is 34.2. The Morgan fingerprint density at radius 1 is 0.522 bits per heavy atom. The van der Waals surface area contributed by atoms with Crippen LogP contribution < -0.4 is 0 Å². The number of hydrogen-bond donors (Lipinski definition) is 1. The minimum atomic E-state index is -6.23. The normalized spacial score (nSPS) is 12.9. The summed E-state index contributed by atoms with van der Waals surface area (Å²) in [5, 5.41) is 2.75. The van der Waals surface area contributed by atoms with Gasteiger partial charge in [-0.3, -0.25) is 8.57 Å². The van der Waals surface area contributed by atoms with Crippen molar-refractivity contribution in [1.29, 1.82) is 0 Å². The molecular weight excluding hydrogens is 971 g/mol. The Bertz CT molecular complexity index is 2160. The van der Waals surface area contributed by atoms with Gasteiger partial charge in [0.05, 0.1) is 19.8 Å². The molecule has 2 aromatic carbocycles. The Hall–Kier alpha value is -5.31. The van der Waals surface area contributed by atoms with E-state index < -0.39 is 96.8 Å². The van der Waals surface area contributed by atoms with Crippen LogP contribution in [0, 0.1) is 0 Å². The van der Waals surface area contributed by atoms with Crippen molar-refractivity contribution in [3.05, 3.63) is 83.9 Å². The molecule has 0 bridgehead atoms. The van der Waals surface area contributed by atoms with Crippen LogP contribution in [0.2, 0.25) is 0 Å². The van der Waals surface area contributed by atoms with Crippen molar-refractivity contribution in [3.63, 3.8) is 0 Å². The van der Waals surface area contributed by atoms with E-state index >= 15 is 0 Å². The van der Waals surface area contributed by atoms with Crippen molar-refractivity contribution in [1.82, 2.24) is 0 Å². The van der Waals surface area contributed by atoms with E-state index in [1.807, 2.05) is 0 Å². The van der Waals surface area contributed by atoms with Crippen LogP contribution in [0.15, 0.2) is 83.1 Å². The molecule has 0 saturated heterocycles. The van der Waals surface area contributed by atoms with Crippen LogP contribution in [0.3, 0.4) is 0 Å². The van der Waals surface area contributed by atoms with Crippen LogP contribution in [0.4, 0.5) is 43.9 Å². The molecule has 0 aliphatic carbocycles. The number of nitrogens with zero attached hydrogens (tertiary/aromatic N) is 2. The van der Waals surface area contributed by atoms with E-state index in [0.717, 1.165) is 49.9 Å². The van der Waals surface area contributed by atoms with Gasteiger partial charge in [0.15, 0.2) is 11.4 Å². The van der Waals surface area contributed by atoms with E-state index in [4.69, 9.17) is 9.84 Å². The van der Waals surface area contributed by atoms with E-state index in [1.165, 1.54) is 43.3 Å². The molecule has 0 aliphatic rings. The highest BCUT2D eigenvalue weighted by molar-refractivity contribution is 7.88. The van der Waals surface area contributed by atoms with Crippen LogP contribution in [-0.2, 0) is 57.4 Å². The predicted octanol–water partition coefficient (Wildman–Crippen LogP) is 8.66. The van der Waals surface area contributed by atoms with Crippen molar-refractivity contribution in [2.45, 2.75) is 107 Å². The second-order valence-corrected chi connectivity index (χ2v) is 17.0. The predicted molar refractivity (Wildman–Crippen MR) is 218 cm³/mol. The fourth-order valence-corrected chi connectivity index (χ4v) is 5.88. The summed E-state index contributed by atoms with van der Waals surface area (Å²) in [6, 6.07) is 11.1. The van der Waals surface area contributed by atoms with Crippen LogP contribution in [0.1, 0.15) is 95.1 Å². The minimum Gasteiger partial charge on any atom is -0.462 e. The minimum absolute atomic E-state index is 0.0586. The third-order valence-corrected chi connectivity index (χ3v) is 10.5. The number of aliphatic hydroxyl groups excluding tert-OH is 1. The highest BCUT2D eigenvalue weighted by Gasteiger charge is 2.58. The van der Waals surface area contributed by atoms with E-state index in [0.29, 0.717) is 44.1 Å². The summed E-state index contributed by atoms with van der Waals surface area (Å²) in [5.41, 5.74) is -4.73. The van der Waals surface area contributed by atoms with Gasteiger partial charge in [-0.05, 0) is 32.6 Å². The van der Waals surface area contributed by atoms with Gasteiger partial charge < -0.3 is 19.3 Å². The third kappa shape index (κ3) is 21.0. The maximum Gasteiger partial charge on any atom is 0.478 e. The van der Waals surface area contributed by atoms with Crippen LogP contribution >= 0.6 is 0 Å². The lowest BCUT2D eigenvalue weighted by molar-refractivity contribution is -0.162. The molecule has 2 aromatic rings. The van der Waals surface area contributed by atoms with E-state index in [1.54, 1.807) is 0 Å². The lowest BCUT2D eigenvalue weighted by Gasteiger charge is -2.15. The Labute approximate surface area is 379 Å². The summed E-state index contributed by atoms with van der Waals surface area (Å²) in [6.07, 6.45) is -3.63. The van der Waals surface area contributed by atoms with Crippen molar-refractivity contribution >= 4 is 49.6 Å². The fraction of sp³-hybridized carbons (Fsp3) is 0.525. The number of benzene rings is 2. The van der Waals surface area contributed by atoms with Crippen LogP contribution in [0.25, 0.3) is 0 Å². The molecule has 0 heterocycles. The highest BCUT2D eigenvalue weighted by Crippen LogP contribution is 2.30. The van der Waals surface area contributed by atoms with Crippen molar-refractivity contribution in [3.8, 4) is 0 Å². The van der Waals surface area contributed by atoms with E-state index in [-0.39, 0.29) is 26.1 Å². The van der Waals surface area contributed by atoms with Gasteiger partial charge in [-0.1, -0.05) is 129 Å². The number of alkyl halides is 10. The van der Waals surface area contributed by atoms with Crippen LogP contribution in [0.5, 0.6) is 0 Å². The topological polar surface area (TPSA) is 211 Å². The van der Waals surface area contributed by atoms with Gasteiger partial charge in [0.25, 0.3) is 0 Å². The summed E-state index contributed by atoms with van der Waals surface area (Å²) in [5.74, 6) is -5.45. The fourth-order valence-electron chi connectivity index (χ4n) is 4.82. The first-order valence-corrected chi connectivity index (χ1v) is 22.8. The maximum atomic E-state index is 14.0. The molecule has 0 amide bonds. The molecule has 0 atom stereocenters. The van der Waals surface area contributed by atoms with E-state index in [2.05, 4.69) is 34.9 Å².